The van der Waals surface area contributed by atoms with Crippen molar-refractivity contribution in [3.8, 4) is 5.69 Å². The Morgan fingerprint density at radius 1 is 1.28 bits per heavy atom. The van der Waals surface area contributed by atoms with Gasteiger partial charge in [-0.05, 0) is 30.3 Å². The first-order valence-electron chi connectivity index (χ1n) is 8.62. The summed E-state index contributed by atoms with van der Waals surface area (Å²) in [6, 6.07) is 8.77. The molecule has 0 spiro atoms. The predicted octanol–water partition coefficient (Wildman–Crippen LogP) is -0.578. The van der Waals surface area contributed by atoms with Gasteiger partial charge in [0.1, 0.15) is 11.4 Å². The van der Waals surface area contributed by atoms with E-state index in [9.17, 15) is 19.1 Å². The van der Waals surface area contributed by atoms with E-state index in [4.69, 9.17) is 0 Å². The van der Waals surface area contributed by atoms with Gasteiger partial charge in [-0.15, -0.1) is 5.10 Å². The highest BCUT2D eigenvalue weighted by atomic mass is 19.1. The molecular weight excluding hydrogens is 381 g/mol. The third-order valence-corrected chi connectivity index (χ3v) is 4.49. The molecule has 3 aromatic rings. The molecule has 1 aliphatic heterocycles. The van der Waals surface area contributed by atoms with Crippen LogP contribution in [0.1, 0.15) is 16.1 Å². The first-order valence-corrected chi connectivity index (χ1v) is 8.62. The molecule has 2 aromatic heterocycles. The number of nitrogens with one attached hydrogen (secondary N) is 3. The van der Waals surface area contributed by atoms with E-state index >= 15 is 0 Å². The summed E-state index contributed by atoms with van der Waals surface area (Å²) in [5, 5.41) is 25.6. The summed E-state index contributed by atoms with van der Waals surface area (Å²) in [4.78, 5) is 30.2. The van der Waals surface area contributed by atoms with Crippen LogP contribution < -0.4 is 16.0 Å². The molecule has 1 fully saturated rings. The lowest BCUT2D eigenvalue weighted by Gasteiger charge is -2.26. The first kappa shape index (κ1) is 18.7. The Kier molecular flexibility index (Phi) is 4.74. The summed E-state index contributed by atoms with van der Waals surface area (Å²) in [7, 11) is 0. The molecular formula is C18H16FN7O3. The van der Waals surface area contributed by atoms with Gasteiger partial charge in [0, 0.05) is 24.5 Å². The van der Waals surface area contributed by atoms with Gasteiger partial charge in [-0.1, -0.05) is 6.07 Å². The molecule has 148 valence electrons. The van der Waals surface area contributed by atoms with Crippen LogP contribution in [0.3, 0.4) is 0 Å². The largest absolute Gasteiger partial charge is 0.361 e. The van der Waals surface area contributed by atoms with Gasteiger partial charge in [0.2, 0.25) is 5.91 Å². The summed E-state index contributed by atoms with van der Waals surface area (Å²) in [5.41, 5.74) is -0.424. The second kappa shape index (κ2) is 7.37. The third kappa shape index (κ3) is 3.56. The third-order valence-electron chi connectivity index (χ3n) is 4.49. The number of aromatic nitrogens is 4. The molecule has 11 heteroatoms. The fourth-order valence-electron chi connectivity index (χ4n) is 3.01. The molecule has 1 aliphatic rings. The maximum atomic E-state index is 13.0. The SMILES string of the molecule is O=C(NCC1(c2cccnc2)NC(O)NC1=O)c1cnn(-c2ccc(F)cc2)n1. The minimum Gasteiger partial charge on any atom is -0.361 e. The quantitative estimate of drug-likeness (QED) is 0.453. The van der Waals surface area contributed by atoms with Crippen LogP contribution in [0, 0.1) is 5.82 Å². The number of aliphatic hydroxyl groups is 1. The van der Waals surface area contributed by atoms with Crippen molar-refractivity contribution in [3.05, 3.63) is 72.1 Å². The molecule has 29 heavy (non-hydrogen) atoms. The second-order valence-electron chi connectivity index (χ2n) is 6.35. The highest BCUT2D eigenvalue weighted by Gasteiger charge is 2.48. The molecule has 1 aromatic carbocycles. The number of amides is 2. The van der Waals surface area contributed by atoms with Crippen molar-refractivity contribution in [3.63, 3.8) is 0 Å². The lowest BCUT2D eigenvalue weighted by molar-refractivity contribution is -0.124. The Labute approximate surface area is 163 Å². The molecule has 4 N–H and O–H groups in total. The van der Waals surface area contributed by atoms with E-state index in [1.54, 1.807) is 18.3 Å². The second-order valence-corrected chi connectivity index (χ2v) is 6.35. The number of hydrogen-bond acceptors (Lipinski definition) is 7. The van der Waals surface area contributed by atoms with Crippen LogP contribution in [0.2, 0.25) is 0 Å². The Hall–Kier alpha value is -3.70. The average molecular weight is 397 g/mol. The van der Waals surface area contributed by atoms with Crippen LogP contribution in [0.4, 0.5) is 4.39 Å². The fourth-order valence-corrected chi connectivity index (χ4v) is 3.01. The monoisotopic (exact) mass is 397 g/mol. The van der Waals surface area contributed by atoms with Gasteiger partial charge < -0.3 is 15.7 Å². The standard InChI is InChI=1S/C18H16FN7O3/c19-12-3-5-13(6-4-12)26-22-9-14(25-26)15(27)21-10-18(11-2-1-7-20-8-11)16(28)23-17(29)24-18/h1-9,17,24,29H,10H2,(H,21,27)(H,23,28). The Morgan fingerprint density at radius 3 is 2.72 bits per heavy atom. The van der Waals surface area contributed by atoms with Crippen LogP contribution in [0.15, 0.2) is 55.0 Å². The molecule has 0 radical (unpaired) electrons. The summed E-state index contributed by atoms with van der Waals surface area (Å²) >= 11 is 0. The van der Waals surface area contributed by atoms with Crippen LogP contribution in [-0.2, 0) is 10.3 Å². The van der Waals surface area contributed by atoms with Gasteiger partial charge in [0.05, 0.1) is 11.9 Å². The van der Waals surface area contributed by atoms with Gasteiger partial charge in [-0.3, -0.25) is 19.9 Å². The predicted molar refractivity (Wildman–Crippen MR) is 96.9 cm³/mol. The molecule has 0 bridgehead atoms. The van der Waals surface area contributed by atoms with Crippen molar-refractivity contribution in [1.29, 1.82) is 0 Å². The highest BCUT2D eigenvalue weighted by Crippen LogP contribution is 2.24. The van der Waals surface area contributed by atoms with Crippen LogP contribution >= 0.6 is 0 Å². The van der Waals surface area contributed by atoms with Gasteiger partial charge >= 0.3 is 0 Å². The molecule has 2 atom stereocenters. The Balaban J connectivity index is 1.52. The number of hydrogen-bond donors (Lipinski definition) is 4. The topological polar surface area (TPSA) is 134 Å². The van der Waals surface area contributed by atoms with E-state index in [1.807, 2.05) is 0 Å². The number of aliphatic hydroxyl groups excluding tert-OH is 1. The van der Waals surface area contributed by atoms with Crippen LogP contribution in [-0.4, -0.2) is 49.8 Å². The Morgan fingerprint density at radius 2 is 2.07 bits per heavy atom. The lowest BCUT2D eigenvalue weighted by atomic mass is 9.91. The summed E-state index contributed by atoms with van der Waals surface area (Å²) in [6.45, 7) is -0.163. The maximum absolute atomic E-state index is 13.0. The summed E-state index contributed by atoms with van der Waals surface area (Å²) < 4.78 is 13.0. The van der Waals surface area contributed by atoms with E-state index in [2.05, 4.69) is 31.1 Å². The van der Waals surface area contributed by atoms with Gasteiger partial charge in [-0.2, -0.15) is 9.90 Å². The van der Waals surface area contributed by atoms with Crippen molar-refractivity contribution in [2.24, 2.45) is 0 Å². The average Bonchev–Trinajstić information content (AvgIpc) is 3.32. The molecule has 2 unspecified atom stereocenters. The lowest BCUT2D eigenvalue weighted by Crippen LogP contribution is -2.53. The van der Waals surface area contributed by atoms with Crippen molar-refractivity contribution in [1.82, 2.24) is 35.9 Å². The van der Waals surface area contributed by atoms with Crippen molar-refractivity contribution in [2.45, 2.75) is 11.9 Å². The van der Waals surface area contributed by atoms with Gasteiger partial charge in [0.15, 0.2) is 12.0 Å². The minimum atomic E-state index is -1.39. The summed E-state index contributed by atoms with van der Waals surface area (Å²) in [6.07, 6.45) is 3.01. The number of halogens is 1. The van der Waals surface area contributed by atoms with Gasteiger partial charge in [0.25, 0.3) is 5.91 Å². The molecule has 0 aliphatic carbocycles. The smallest absolute Gasteiger partial charge is 0.273 e. The number of benzene rings is 1. The molecule has 3 heterocycles. The molecule has 4 rings (SSSR count). The molecule has 10 nitrogen and oxygen atoms in total. The van der Waals surface area contributed by atoms with Crippen molar-refractivity contribution in [2.75, 3.05) is 6.54 Å². The van der Waals surface area contributed by atoms with E-state index in [-0.39, 0.29) is 12.2 Å². The van der Waals surface area contributed by atoms with Crippen LogP contribution in [0.5, 0.6) is 0 Å². The molecule has 1 saturated heterocycles. The number of rotatable bonds is 5. The van der Waals surface area contributed by atoms with E-state index in [0.717, 1.165) is 0 Å². The zero-order chi connectivity index (χ0) is 20.4. The number of nitrogens with zero attached hydrogens (tertiary/aromatic N) is 4. The van der Waals surface area contributed by atoms with Gasteiger partial charge in [-0.25, -0.2) is 4.39 Å². The molecule has 0 saturated carbocycles. The van der Waals surface area contributed by atoms with Crippen LogP contribution in [0.25, 0.3) is 5.69 Å². The normalized spacial score (nSPS) is 21.0. The Bertz CT molecular complexity index is 1040. The van der Waals surface area contributed by atoms with E-state index in [1.165, 1.54) is 41.5 Å². The first-order chi connectivity index (χ1) is 14.0. The van der Waals surface area contributed by atoms with E-state index in [0.29, 0.717) is 11.3 Å². The number of pyridine rings is 1. The zero-order valence-electron chi connectivity index (χ0n) is 14.9. The fraction of sp³-hybridized carbons (Fsp3) is 0.167. The maximum Gasteiger partial charge on any atom is 0.273 e. The van der Waals surface area contributed by atoms with Crippen molar-refractivity contribution >= 4 is 11.8 Å². The highest BCUT2D eigenvalue weighted by molar-refractivity contribution is 5.94. The van der Waals surface area contributed by atoms with E-state index < -0.39 is 29.5 Å². The minimum absolute atomic E-state index is 0.00890. The number of carbonyl (C=O) groups excluding carboxylic acids is 2. The van der Waals surface area contributed by atoms with Crippen molar-refractivity contribution < 1.29 is 19.1 Å². The zero-order valence-corrected chi connectivity index (χ0v) is 14.9. The summed E-state index contributed by atoms with van der Waals surface area (Å²) in [5.74, 6) is -1.48. The molecule has 2 amide bonds. The number of carbonyl (C=O) groups is 2.